The summed E-state index contributed by atoms with van der Waals surface area (Å²) in [5, 5.41) is 5.35. The van der Waals surface area contributed by atoms with E-state index >= 15 is 0 Å². The molecule has 0 aliphatic rings. The standard InChI is InChI=1S/C23H22ClN3O3S/c1-4-29-22(28)26-15-9-10-27-19(13-25-21(27)11-15)20-12-16(14-31-20)30-23(2,3)17-7-5-6-8-18(17)24/h5-14H,4H2,1-3H3,(H,26,28). The Hall–Kier alpha value is -3.03. The minimum absolute atomic E-state index is 0.317. The van der Waals surface area contributed by atoms with Gasteiger partial charge >= 0.3 is 6.09 Å². The van der Waals surface area contributed by atoms with Gasteiger partial charge in [-0.2, -0.15) is 0 Å². The van der Waals surface area contributed by atoms with Crippen LogP contribution in [0.25, 0.3) is 16.2 Å². The molecule has 8 heteroatoms. The zero-order valence-electron chi connectivity index (χ0n) is 17.4. The highest BCUT2D eigenvalue weighted by molar-refractivity contribution is 7.13. The van der Waals surface area contributed by atoms with Gasteiger partial charge in [-0.25, -0.2) is 9.78 Å². The molecule has 0 unspecified atom stereocenters. The maximum atomic E-state index is 11.6. The number of nitrogens with zero attached hydrogens (tertiary/aromatic N) is 2. The number of fused-ring (bicyclic) bond motifs is 1. The molecule has 3 aromatic heterocycles. The summed E-state index contributed by atoms with van der Waals surface area (Å²) in [7, 11) is 0. The van der Waals surface area contributed by atoms with Crippen LogP contribution in [-0.2, 0) is 10.3 Å². The average Bonchev–Trinajstić information content (AvgIpc) is 3.34. The van der Waals surface area contributed by atoms with E-state index in [9.17, 15) is 4.79 Å². The van der Waals surface area contributed by atoms with E-state index in [0.29, 0.717) is 17.3 Å². The predicted molar refractivity (Wildman–Crippen MR) is 124 cm³/mol. The predicted octanol–water partition coefficient (Wildman–Crippen LogP) is 6.60. The Bertz CT molecular complexity index is 1230. The van der Waals surface area contributed by atoms with Crippen molar-refractivity contribution in [1.82, 2.24) is 9.38 Å². The summed E-state index contributed by atoms with van der Waals surface area (Å²) in [6.45, 7) is 6.07. The lowest BCUT2D eigenvalue weighted by Gasteiger charge is -2.27. The van der Waals surface area contributed by atoms with Crippen molar-refractivity contribution in [1.29, 1.82) is 0 Å². The second kappa shape index (κ2) is 8.61. The molecule has 0 fully saturated rings. The molecule has 1 N–H and O–H groups in total. The number of pyridine rings is 1. The number of halogens is 1. The highest BCUT2D eigenvalue weighted by atomic mass is 35.5. The SMILES string of the molecule is CCOC(=O)Nc1ccn2c(-c3cc(OC(C)(C)c4ccccc4Cl)cs3)cnc2c1. The third-order valence-electron chi connectivity index (χ3n) is 4.76. The Balaban J connectivity index is 1.56. The van der Waals surface area contributed by atoms with Crippen molar-refractivity contribution in [3.8, 4) is 16.3 Å². The Kier molecular flexibility index (Phi) is 5.89. The Morgan fingerprint density at radius 2 is 2.06 bits per heavy atom. The fraction of sp³-hybridized carbons (Fsp3) is 0.217. The molecule has 0 spiro atoms. The van der Waals surface area contributed by atoms with E-state index in [4.69, 9.17) is 21.1 Å². The van der Waals surface area contributed by atoms with Crippen molar-refractivity contribution in [3.63, 3.8) is 0 Å². The molecular weight excluding hydrogens is 434 g/mol. The fourth-order valence-electron chi connectivity index (χ4n) is 3.33. The maximum Gasteiger partial charge on any atom is 0.411 e. The van der Waals surface area contributed by atoms with Crippen LogP contribution < -0.4 is 10.1 Å². The first-order valence-electron chi connectivity index (χ1n) is 9.81. The molecule has 4 aromatic rings. The number of thiophene rings is 1. The van der Waals surface area contributed by atoms with Crippen LogP contribution in [0.1, 0.15) is 26.3 Å². The molecule has 0 aliphatic carbocycles. The average molecular weight is 456 g/mol. The molecule has 0 saturated heterocycles. The number of carbonyl (C=O) groups excluding carboxylic acids is 1. The van der Waals surface area contributed by atoms with Gasteiger partial charge in [-0.3, -0.25) is 9.72 Å². The van der Waals surface area contributed by atoms with Gasteiger partial charge in [0.05, 0.1) is 23.4 Å². The largest absolute Gasteiger partial charge is 0.482 e. The maximum absolute atomic E-state index is 11.6. The molecule has 0 aliphatic heterocycles. The molecule has 6 nitrogen and oxygen atoms in total. The summed E-state index contributed by atoms with van der Waals surface area (Å²) >= 11 is 7.94. The molecule has 0 atom stereocenters. The number of anilines is 1. The summed E-state index contributed by atoms with van der Waals surface area (Å²) in [6, 6.07) is 13.3. The molecule has 160 valence electrons. The quantitative estimate of drug-likeness (QED) is 0.355. The van der Waals surface area contributed by atoms with Crippen LogP contribution in [0.15, 0.2) is 60.2 Å². The molecule has 0 saturated carbocycles. The Morgan fingerprint density at radius 3 is 2.84 bits per heavy atom. The van der Waals surface area contributed by atoms with Gasteiger partial charge in [0.1, 0.15) is 17.0 Å². The lowest BCUT2D eigenvalue weighted by atomic mass is 9.98. The van der Waals surface area contributed by atoms with E-state index in [1.807, 2.05) is 60.2 Å². The number of nitrogens with one attached hydrogen (secondary N) is 1. The van der Waals surface area contributed by atoms with Gasteiger partial charge in [-0.05, 0) is 32.9 Å². The number of amides is 1. The van der Waals surface area contributed by atoms with E-state index in [1.54, 1.807) is 36.6 Å². The van der Waals surface area contributed by atoms with Crippen LogP contribution >= 0.6 is 22.9 Å². The monoisotopic (exact) mass is 455 g/mol. The van der Waals surface area contributed by atoms with Crippen LogP contribution in [0.5, 0.6) is 5.75 Å². The number of imidazole rings is 1. The number of carbonyl (C=O) groups is 1. The summed E-state index contributed by atoms with van der Waals surface area (Å²) in [5.41, 5.74) is 2.63. The van der Waals surface area contributed by atoms with Gasteiger partial charge in [-0.1, -0.05) is 29.8 Å². The smallest absolute Gasteiger partial charge is 0.411 e. The van der Waals surface area contributed by atoms with Crippen LogP contribution in [-0.4, -0.2) is 22.1 Å². The molecule has 3 heterocycles. The molecule has 0 bridgehead atoms. The van der Waals surface area contributed by atoms with Crippen LogP contribution in [0, 0.1) is 0 Å². The summed E-state index contributed by atoms with van der Waals surface area (Å²) < 4.78 is 13.2. The summed E-state index contributed by atoms with van der Waals surface area (Å²) in [6.07, 6.45) is 3.19. The van der Waals surface area contributed by atoms with Crippen LogP contribution in [0.4, 0.5) is 10.5 Å². The molecule has 1 amide bonds. The highest BCUT2D eigenvalue weighted by Gasteiger charge is 2.26. The van der Waals surface area contributed by atoms with Crippen molar-refractivity contribution in [2.75, 3.05) is 11.9 Å². The van der Waals surface area contributed by atoms with Gasteiger partial charge in [-0.15, -0.1) is 11.3 Å². The van der Waals surface area contributed by atoms with E-state index in [2.05, 4.69) is 10.3 Å². The van der Waals surface area contributed by atoms with Gasteiger partial charge < -0.3 is 9.47 Å². The Labute approximate surface area is 189 Å². The van der Waals surface area contributed by atoms with Gasteiger partial charge in [0.2, 0.25) is 0 Å². The first-order chi connectivity index (χ1) is 14.9. The van der Waals surface area contributed by atoms with E-state index in [0.717, 1.165) is 27.5 Å². The van der Waals surface area contributed by atoms with Gasteiger partial charge in [0.15, 0.2) is 0 Å². The van der Waals surface area contributed by atoms with Crippen molar-refractivity contribution < 1.29 is 14.3 Å². The second-order valence-electron chi connectivity index (χ2n) is 7.37. The van der Waals surface area contributed by atoms with Crippen molar-refractivity contribution in [2.45, 2.75) is 26.4 Å². The van der Waals surface area contributed by atoms with E-state index in [1.165, 1.54) is 0 Å². The lowest BCUT2D eigenvalue weighted by Crippen LogP contribution is -2.25. The molecular formula is C23H22ClN3O3S. The second-order valence-corrected chi connectivity index (χ2v) is 8.69. The third-order valence-corrected chi connectivity index (χ3v) is 6.02. The molecule has 4 rings (SSSR count). The topological polar surface area (TPSA) is 64.9 Å². The van der Waals surface area contributed by atoms with Gasteiger partial charge in [0.25, 0.3) is 0 Å². The van der Waals surface area contributed by atoms with Crippen molar-refractivity contribution in [3.05, 3.63) is 70.8 Å². The lowest BCUT2D eigenvalue weighted by molar-refractivity contribution is 0.109. The molecule has 1 aromatic carbocycles. The number of ether oxygens (including phenoxy) is 2. The molecule has 0 radical (unpaired) electrons. The van der Waals surface area contributed by atoms with Crippen LogP contribution in [0.3, 0.4) is 0 Å². The summed E-state index contributed by atoms with van der Waals surface area (Å²) in [4.78, 5) is 17.1. The summed E-state index contributed by atoms with van der Waals surface area (Å²) in [5.74, 6) is 0.764. The zero-order chi connectivity index (χ0) is 22.0. The number of rotatable bonds is 6. The van der Waals surface area contributed by atoms with E-state index < -0.39 is 11.7 Å². The zero-order valence-corrected chi connectivity index (χ0v) is 19.0. The minimum atomic E-state index is -0.580. The fourth-order valence-corrected chi connectivity index (χ4v) is 4.51. The normalized spacial score (nSPS) is 11.5. The molecule has 31 heavy (non-hydrogen) atoms. The van der Waals surface area contributed by atoms with E-state index in [-0.39, 0.29) is 0 Å². The first kappa shape index (κ1) is 21.2. The minimum Gasteiger partial charge on any atom is -0.482 e. The number of hydrogen-bond acceptors (Lipinski definition) is 5. The number of hydrogen-bond donors (Lipinski definition) is 1. The van der Waals surface area contributed by atoms with Crippen LogP contribution in [0.2, 0.25) is 5.02 Å². The first-order valence-corrected chi connectivity index (χ1v) is 11.1. The van der Waals surface area contributed by atoms with Crippen molar-refractivity contribution >= 4 is 40.4 Å². The van der Waals surface area contributed by atoms with Gasteiger partial charge in [0, 0.05) is 40.0 Å². The van der Waals surface area contributed by atoms with Crippen molar-refractivity contribution in [2.24, 2.45) is 0 Å². The third kappa shape index (κ3) is 4.52. The number of benzene rings is 1. The number of aromatic nitrogens is 2. The highest BCUT2D eigenvalue weighted by Crippen LogP contribution is 2.37. The Morgan fingerprint density at radius 1 is 1.26 bits per heavy atom.